The number of unbranched alkanes of at least 4 members (excludes halogenated alkanes) is 2. The van der Waals surface area contributed by atoms with E-state index in [0.717, 1.165) is 6.42 Å². The summed E-state index contributed by atoms with van der Waals surface area (Å²) in [5.74, 6) is 0.649. The highest BCUT2D eigenvalue weighted by Crippen LogP contribution is 2.35. The molecule has 0 amide bonds. The minimum atomic E-state index is 0.649. The van der Waals surface area contributed by atoms with Crippen LogP contribution in [-0.2, 0) is 12.8 Å². The zero-order chi connectivity index (χ0) is 19.5. The van der Waals surface area contributed by atoms with Crippen LogP contribution in [0, 0.1) is 12.8 Å². The van der Waals surface area contributed by atoms with Gasteiger partial charge in [-0.2, -0.15) is 0 Å². The van der Waals surface area contributed by atoms with Gasteiger partial charge in [0.1, 0.15) is 0 Å². The van der Waals surface area contributed by atoms with Gasteiger partial charge >= 0.3 is 0 Å². The highest BCUT2D eigenvalue weighted by molar-refractivity contribution is 5.73. The van der Waals surface area contributed by atoms with Crippen LogP contribution in [0.1, 0.15) is 102 Å². The molecule has 0 fully saturated rings. The van der Waals surface area contributed by atoms with Crippen molar-refractivity contribution in [2.45, 2.75) is 99.3 Å². The number of hydrogen-bond donors (Lipinski definition) is 0. The maximum atomic E-state index is 4.19. The van der Waals surface area contributed by atoms with Gasteiger partial charge in [-0.1, -0.05) is 83.7 Å². The van der Waals surface area contributed by atoms with Crippen molar-refractivity contribution in [2.24, 2.45) is 5.92 Å². The molecule has 0 saturated carbocycles. The Balaban J connectivity index is 3.34. The van der Waals surface area contributed by atoms with Gasteiger partial charge in [0.15, 0.2) is 0 Å². The van der Waals surface area contributed by atoms with E-state index in [1.807, 2.05) is 0 Å². The molecule has 0 N–H and O–H groups in total. The summed E-state index contributed by atoms with van der Waals surface area (Å²) in [6, 6.07) is 4.98. The van der Waals surface area contributed by atoms with E-state index in [0.29, 0.717) is 5.92 Å². The molecule has 146 valence electrons. The number of rotatable bonds is 12. The molecular formula is C26H42. The number of hydrogen-bond acceptors (Lipinski definition) is 0. The summed E-state index contributed by atoms with van der Waals surface area (Å²) in [5.41, 5.74) is 8.71. The van der Waals surface area contributed by atoms with Crippen molar-refractivity contribution in [2.75, 3.05) is 0 Å². The molecule has 0 unspecified atom stereocenters. The van der Waals surface area contributed by atoms with Crippen LogP contribution in [0.15, 0.2) is 30.4 Å². The van der Waals surface area contributed by atoms with E-state index in [-0.39, 0.29) is 0 Å². The van der Waals surface area contributed by atoms with E-state index in [2.05, 4.69) is 66.3 Å². The van der Waals surface area contributed by atoms with E-state index in [1.54, 1.807) is 11.1 Å². The monoisotopic (exact) mass is 354 g/mol. The zero-order valence-corrected chi connectivity index (χ0v) is 18.4. The molecule has 1 rings (SSSR count). The van der Waals surface area contributed by atoms with Crippen molar-refractivity contribution in [3.63, 3.8) is 0 Å². The summed E-state index contributed by atoms with van der Waals surface area (Å²) < 4.78 is 0. The standard InChI is InChI=1S/C26H42/c1-8-12-13-16-24-18-21(7)25(19-22(24)11-4)26(17-20(5)6)23(14-9-2)15-10-3/h17-19,23H,5,8-16H2,1-4,6-7H3/b26-17-. The van der Waals surface area contributed by atoms with Gasteiger partial charge in [0.25, 0.3) is 0 Å². The van der Waals surface area contributed by atoms with Gasteiger partial charge in [0.05, 0.1) is 0 Å². The molecule has 26 heavy (non-hydrogen) atoms. The third-order valence-electron chi connectivity index (χ3n) is 5.40. The second-order valence-electron chi connectivity index (χ2n) is 7.97. The topological polar surface area (TPSA) is 0 Å². The fourth-order valence-electron chi connectivity index (χ4n) is 4.08. The molecule has 0 nitrogen and oxygen atoms in total. The molecule has 0 aliphatic rings. The molecular weight excluding hydrogens is 312 g/mol. The Bertz CT molecular complexity index is 582. The Labute approximate surface area is 163 Å². The van der Waals surface area contributed by atoms with E-state index in [4.69, 9.17) is 0 Å². The Hall–Kier alpha value is -1.30. The Morgan fingerprint density at radius 2 is 1.62 bits per heavy atom. The molecule has 0 atom stereocenters. The normalized spacial score (nSPS) is 12.0. The summed E-state index contributed by atoms with van der Waals surface area (Å²) >= 11 is 0. The van der Waals surface area contributed by atoms with Crippen molar-refractivity contribution in [3.8, 4) is 0 Å². The van der Waals surface area contributed by atoms with Gasteiger partial charge in [-0.3, -0.25) is 0 Å². The third-order valence-corrected chi connectivity index (χ3v) is 5.40. The molecule has 1 aromatic rings. The third kappa shape index (κ3) is 6.78. The van der Waals surface area contributed by atoms with E-state index >= 15 is 0 Å². The van der Waals surface area contributed by atoms with Gasteiger partial charge in [-0.15, -0.1) is 0 Å². The summed E-state index contributed by atoms with van der Waals surface area (Å²) in [6.45, 7) is 17.8. The largest absolute Gasteiger partial charge is 0.0961 e. The molecule has 0 bridgehead atoms. The van der Waals surface area contributed by atoms with Gasteiger partial charge in [0, 0.05) is 0 Å². The lowest BCUT2D eigenvalue weighted by Crippen LogP contribution is -2.07. The first-order valence-electron chi connectivity index (χ1n) is 11.0. The van der Waals surface area contributed by atoms with Crippen LogP contribution in [-0.4, -0.2) is 0 Å². The first-order valence-corrected chi connectivity index (χ1v) is 11.0. The van der Waals surface area contributed by atoms with Crippen molar-refractivity contribution < 1.29 is 0 Å². The molecule has 0 aliphatic heterocycles. The number of allylic oxidation sites excluding steroid dienone is 3. The van der Waals surface area contributed by atoms with E-state index in [1.165, 1.54) is 73.6 Å². The number of aryl methyl sites for hydroxylation is 3. The SMILES string of the molecule is C=C(C)/C=C(\c1cc(CC)c(CCCCC)cc1C)C(CCC)CCC. The summed E-state index contributed by atoms with van der Waals surface area (Å²) in [6.07, 6.45) is 13.7. The summed E-state index contributed by atoms with van der Waals surface area (Å²) in [5, 5.41) is 0. The quantitative estimate of drug-likeness (QED) is 0.261. The van der Waals surface area contributed by atoms with Crippen LogP contribution < -0.4 is 0 Å². The van der Waals surface area contributed by atoms with E-state index < -0.39 is 0 Å². The zero-order valence-electron chi connectivity index (χ0n) is 18.4. The molecule has 0 spiro atoms. The first kappa shape index (κ1) is 22.7. The van der Waals surface area contributed by atoms with Crippen molar-refractivity contribution in [1.29, 1.82) is 0 Å². The predicted molar refractivity (Wildman–Crippen MR) is 120 cm³/mol. The van der Waals surface area contributed by atoms with Crippen molar-refractivity contribution in [1.82, 2.24) is 0 Å². The molecule has 0 aliphatic carbocycles. The summed E-state index contributed by atoms with van der Waals surface area (Å²) in [7, 11) is 0. The van der Waals surface area contributed by atoms with Gasteiger partial charge in [0.2, 0.25) is 0 Å². The predicted octanol–water partition coefficient (Wildman–Crippen LogP) is 8.47. The van der Waals surface area contributed by atoms with Crippen LogP contribution >= 0.6 is 0 Å². The molecule has 0 saturated heterocycles. The Morgan fingerprint density at radius 3 is 2.12 bits per heavy atom. The highest BCUT2D eigenvalue weighted by atomic mass is 14.2. The van der Waals surface area contributed by atoms with Crippen molar-refractivity contribution in [3.05, 3.63) is 52.6 Å². The Morgan fingerprint density at radius 1 is 0.962 bits per heavy atom. The number of benzene rings is 1. The van der Waals surface area contributed by atoms with Crippen LogP contribution in [0.4, 0.5) is 0 Å². The maximum Gasteiger partial charge on any atom is -0.0156 e. The van der Waals surface area contributed by atoms with Crippen LogP contribution in [0.25, 0.3) is 5.57 Å². The average Bonchev–Trinajstić information content (AvgIpc) is 2.60. The molecule has 0 heterocycles. The molecule has 0 aromatic heterocycles. The second-order valence-corrected chi connectivity index (χ2v) is 7.97. The van der Waals surface area contributed by atoms with Gasteiger partial charge in [-0.25, -0.2) is 0 Å². The molecule has 0 heteroatoms. The molecule has 0 radical (unpaired) electrons. The lowest BCUT2D eigenvalue weighted by atomic mass is 9.81. The highest BCUT2D eigenvalue weighted by Gasteiger charge is 2.18. The van der Waals surface area contributed by atoms with Crippen LogP contribution in [0.3, 0.4) is 0 Å². The minimum Gasteiger partial charge on any atom is -0.0961 e. The smallest absolute Gasteiger partial charge is 0.0156 e. The first-order chi connectivity index (χ1) is 12.5. The van der Waals surface area contributed by atoms with E-state index in [9.17, 15) is 0 Å². The van der Waals surface area contributed by atoms with Crippen molar-refractivity contribution >= 4 is 5.57 Å². The average molecular weight is 355 g/mol. The van der Waals surface area contributed by atoms with Gasteiger partial charge < -0.3 is 0 Å². The minimum absolute atomic E-state index is 0.649. The molecule has 1 aromatic carbocycles. The fourth-order valence-corrected chi connectivity index (χ4v) is 4.08. The lowest BCUT2D eigenvalue weighted by molar-refractivity contribution is 0.543. The summed E-state index contributed by atoms with van der Waals surface area (Å²) in [4.78, 5) is 0. The van der Waals surface area contributed by atoms with Crippen LogP contribution in [0.5, 0.6) is 0 Å². The van der Waals surface area contributed by atoms with Gasteiger partial charge in [-0.05, 0) is 79.7 Å². The second kappa shape index (κ2) is 12.2. The lowest BCUT2D eigenvalue weighted by Gasteiger charge is -2.24. The maximum absolute atomic E-state index is 4.19. The Kier molecular flexibility index (Phi) is 10.6. The van der Waals surface area contributed by atoms with Crippen LogP contribution in [0.2, 0.25) is 0 Å². The fraction of sp³-hybridized carbons (Fsp3) is 0.615.